The van der Waals surface area contributed by atoms with Gasteiger partial charge < -0.3 is 4.74 Å². The normalized spacial score (nSPS) is 10.1. The van der Waals surface area contributed by atoms with E-state index in [9.17, 15) is 9.18 Å². The van der Waals surface area contributed by atoms with Gasteiger partial charge in [0.25, 0.3) is 0 Å². The molecule has 0 radical (unpaired) electrons. The number of alkyl halides is 1. The van der Waals surface area contributed by atoms with E-state index in [0.717, 1.165) is 25.0 Å². The summed E-state index contributed by atoms with van der Waals surface area (Å²) in [6.07, 6.45) is 3.40. The first kappa shape index (κ1) is 13.8. The first-order valence-electron chi connectivity index (χ1n) is 5.10. The first-order chi connectivity index (χ1) is 6.81. The van der Waals surface area contributed by atoms with Gasteiger partial charge in [-0.05, 0) is 25.0 Å². The number of thioether (sulfide) groups is 1. The summed E-state index contributed by atoms with van der Waals surface area (Å²) in [7, 11) is 0. The molecule has 0 rings (SSSR count). The third-order valence-electron chi connectivity index (χ3n) is 1.65. The molecule has 0 aliphatic heterocycles. The highest BCUT2D eigenvalue weighted by Gasteiger charge is 2.01. The van der Waals surface area contributed by atoms with E-state index in [1.165, 1.54) is 11.8 Å². The molecule has 0 saturated carbocycles. The number of hydrogen-bond donors (Lipinski definition) is 0. The maximum atomic E-state index is 11.7. The van der Waals surface area contributed by atoms with Crippen LogP contribution in [0, 0.1) is 0 Å². The Hall–Kier alpha value is -0.250. The second-order valence-electron chi connectivity index (χ2n) is 3.02. The van der Waals surface area contributed by atoms with Crippen LogP contribution in [0.2, 0.25) is 0 Å². The van der Waals surface area contributed by atoms with Crippen molar-refractivity contribution in [2.75, 3.05) is 24.8 Å². The molecule has 0 spiro atoms. The number of rotatable bonds is 9. The summed E-state index contributed by atoms with van der Waals surface area (Å²) in [6, 6.07) is 0. The number of carbonyl (C=O) groups excluding carboxylic acids is 1. The van der Waals surface area contributed by atoms with Gasteiger partial charge in [0, 0.05) is 0 Å². The molecule has 0 aromatic carbocycles. The fourth-order valence-electron chi connectivity index (χ4n) is 0.826. The lowest BCUT2D eigenvalue weighted by atomic mass is 10.4. The van der Waals surface area contributed by atoms with E-state index in [0.29, 0.717) is 18.8 Å². The largest absolute Gasteiger partial charge is 0.465 e. The molecule has 0 aliphatic rings. The van der Waals surface area contributed by atoms with Crippen molar-refractivity contribution >= 4 is 17.7 Å². The van der Waals surface area contributed by atoms with Crippen molar-refractivity contribution in [3.8, 4) is 0 Å². The van der Waals surface area contributed by atoms with Crippen molar-refractivity contribution in [3.63, 3.8) is 0 Å². The van der Waals surface area contributed by atoms with Crippen LogP contribution < -0.4 is 0 Å². The number of esters is 1. The Balaban J connectivity index is 3.10. The Bertz CT molecular complexity index is 142. The molecular weight excluding hydrogens is 203 g/mol. The zero-order valence-corrected chi connectivity index (χ0v) is 9.58. The first-order valence-corrected chi connectivity index (χ1v) is 6.26. The van der Waals surface area contributed by atoms with Gasteiger partial charge in [0.05, 0.1) is 19.0 Å². The van der Waals surface area contributed by atoms with Crippen LogP contribution in [-0.4, -0.2) is 30.8 Å². The Kier molecular flexibility index (Phi) is 10.6. The van der Waals surface area contributed by atoms with Crippen LogP contribution in [0.15, 0.2) is 0 Å². The number of unbranched alkanes of at least 4 members (excludes halogenated alkanes) is 2. The summed E-state index contributed by atoms with van der Waals surface area (Å²) in [5.41, 5.74) is 0. The highest BCUT2D eigenvalue weighted by molar-refractivity contribution is 7.99. The summed E-state index contributed by atoms with van der Waals surface area (Å²) in [5, 5.41) is 0. The van der Waals surface area contributed by atoms with Crippen LogP contribution in [0.4, 0.5) is 4.39 Å². The van der Waals surface area contributed by atoms with Crippen LogP contribution in [0.25, 0.3) is 0 Å². The molecular formula is C10H19FO2S. The minimum atomic E-state index is -0.262. The predicted octanol–water partition coefficient (Wildman–Crippen LogP) is 2.81. The number of carbonyl (C=O) groups is 1. The average molecular weight is 222 g/mol. The monoisotopic (exact) mass is 222 g/mol. The second kappa shape index (κ2) is 10.8. The van der Waals surface area contributed by atoms with Gasteiger partial charge in [0.15, 0.2) is 0 Å². The van der Waals surface area contributed by atoms with Gasteiger partial charge in [-0.25, -0.2) is 0 Å². The fourth-order valence-corrected chi connectivity index (χ4v) is 1.63. The second-order valence-corrected chi connectivity index (χ2v) is 4.13. The van der Waals surface area contributed by atoms with E-state index in [1.807, 2.05) is 0 Å². The van der Waals surface area contributed by atoms with Crippen molar-refractivity contribution in [2.45, 2.75) is 32.6 Å². The Morgan fingerprint density at radius 2 is 2.14 bits per heavy atom. The molecule has 0 unspecified atom stereocenters. The molecule has 0 atom stereocenters. The smallest absolute Gasteiger partial charge is 0.315 e. The Morgan fingerprint density at radius 1 is 1.36 bits per heavy atom. The molecule has 0 aromatic heterocycles. The van der Waals surface area contributed by atoms with Gasteiger partial charge in [-0.3, -0.25) is 9.18 Å². The molecule has 0 aliphatic carbocycles. The molecule has 0 aromatic rings. The van der Waals surface area contributed by atoms with Crippen LogP contribution in [0.5, 0.6) is 0 Å². The molecule has 84 valence electrons. The minimum absolute atomic E-state index is 0.149. The van der Waals surface area contributed by atoms with Gasteiger partial charge in [-0.1, -0.05) is 13.3 Å². The average Bonchev–Trinajstić information content (AvgIpc) is 2.18. The summed E-state index contributed by atoms with van der Waals surface area (Å²) >= 11 is 1.52. The third kappa shape index (κ3) is 9.84. The standard InChI is InChI=1S/C10H19FO2S/c1-2-3-7-13-10(12)9-14-8-5-4-6-11/h2-9H2,1H3. The molecule has 0 bridgehead atoms. The lowest BCUT2D eigenvalue weighted by Crippen LogP contribution is -2.08. The number of halogens is 1. The summed E-state index contributed by atoms with van der Waals surface area (Å²) < 4.78 is 16.6. The minimum Gasteiger partial charge on any atom is -0.465 e. The lowest BCUT2D eigenvalue weighted by Gasteiger charge is -2.03. The van der Waals surface area contributed by atoms with E-state index in [2.05, 4.69) is 6.92 Å². The van der Waals surface area contributed by atoms with Crippen LogP contribution in [0.1, 0.15) is 32.6 Å². The molecule has 14 heavy (non-hydrogen) atoms. The van der Waals surface area contributed by atoms with Crippen LogP contribution >= 0.6 is 11.8 Å². The Labute approximate surface area is 89.6 Å². The van der Waals surface area contributed by atoms with Crippen LogP contribution in [0.3, 0.4) is 0 Å². The maximum Gasteiger partial charge on any atom is 0.315 e. The summed E-state index contributed by atoms with van der Waals surface area (Å²) in [4.78, 5) is 11.0. The van der Waals surface area contributed by atoms with Crippen molar-refractivity contribution in [3.05, 3.63) is 0 Å². The third-order valence-corrected chi connectivity index (χ3v) is 2.67. The quantitative estimate of drug-likeness (QED) is 0.443. The maximum absolute atomic E-state index is 11.7. The van der Waals surface area contributed by atoms with Gasteiger partial charge in [-0.2, -0.15) is 11.8 Å². The zero-order valence-electron chi connectivity index (χ0n) is 8.76. The zero-order chi connectivity index (χ0) is 10.6. The van der Waals surface area contributed by atoms with E-state index >= 15 is 0 Å². The van der Waals surface area contributed by atoms with Gasteiger partial charge in [0.1, 0.15) is 0 Å². The van der Waals surface area contributed by atoms with E-state index in [-0.39, 0.29) is 12.6 Å². The van der Waals surface area contributed by atoms with E-state index in [1.54, 1.807) is 0 Å². The van der Waals surface area contributed by atoms with E-state index < -0.39 is 0 Å². The molecule has 0 amide bonds. The topological polar surface area (TPSA) is 26.3 Å². The number of ether oxygens (including phenoxy) is 1. The molecule has 0 N–H and O–H groups in total. The van der Waals surface area contributed by atoms with Crippen molar-refractivity contribution in [1.29, 1.82) is 0 Å². The molecule has 0 heterocycles. The fraction of sp³-hybridized carbons (Fsp3) is 0.900. The molecule has 2 nitrogen and oxygen atoms in total. The van der Waals surface area contributed by atoms with Crippen molar-refractivity contribution in [2.24, 2.45) is 0 Å². The van der Waals surface area contributed by atoms with Crippen molar-refractivity contribution in [1.82, 2.24) is 0 Å². The van der Waals surface area contributed by atoms with E-state index in [4.69, 9.17) is 4.74 Å². The highest BCUT2D eigenvalue weighted by Crippen LogP contribution is 2.05. The van der Waals surface area contributed by atoms with Gasteiger partial charge in [0.2, 0.25) is 0 Å². The van der Waals surface area contributed by atoms with Crippen molar-refractivity contribution < 1.29 is 13.9 Å². The highest BCUT2D eigenvalue weighted by atomic mass is 32.2. The molecule has 4 heteroatoms. The van der Waals surface area contributed by atoms with Gasteiger partial charge >= 0.3 is 5.97 Å². The predicted molar refractivity (Wildman–Crippen MR) is 58.4 cm³/mol. The number of hydrogen-bond acceptors (Lipinski definition) is 3. The molecule has 0 fully saturated rings. The summed E-state index contributed by atoms with van der Waals surface area (Å²) in [5.74, 6) is 1.09. The van der Waals surface area contributed by atoms with Crippen LogP contribution in [-0.2, 0) is 9.53 Å². The lowest BCUT2D eigenvalue weighted by molar-refractivity contribution is -0.140. The van der Waals surface area contributed by atoms with Gasteiger partial charge in [-0.15, -0.1) is 0 Å². The Morgan fingerprint density at radius 3 is 2.79 bits per heavy atom. The SMILES string of the molecule is CCCCOC(=O)CSCCCCF. The molecule has 0 saturated heterocycles. The summed E-state index contributed by atoms with van der Waals surface area (Å²) in [6.45, 7) is 2.32.